The van der Waals surface area contributed by atoms with E-state index in [1.165, 1.54) is 12.8 Å². The average Bonchev–Trinajstić information content (AvgIpc) is 2.70. The minimum atomic E-state index is 0.102. The Hall–Kier alpha value is -0.770. The topological polar surface area (TPSA) is 25.2 Å². The van der Waals surface area contributed by atoms with Crippen molar-refractivity contribution < 1.29 is 4.79 Å². The highest BCUT2D eigenvalue weighted by atomic mass is 79.9. The second kappa shape index (κ2) is 6.98. The summed E-state index contributed by atoms with van der Waals surface area (Å²) < 4.78 is 2.98. The van der Waals surface area contributed by atoms with Crippen molar-refractivity contribution >= 4 is 21.8 Å². The first kappa shape index (κ1) is 15.3. The highest BCUT2D eigenvalue weighted by Crippen LogP contribution is 2.20. The quantitative estimate of drug-likeness (QED) is 0.726. The monoisotopic (exact) mass is 314 g/mol. The molecule has 1 aromatic rings. The molecule has 0 aromatic carbocycles. The van der Waals surface area contributed by atoms with Crippen LogP contribution in [-0.2, 0) is 0 Å². The Balaban J connectivity index is 2.76. The van der Waals surface area contributed by atoms with Gasteiger partial charge in [0.15, 0.2) is 0 Å². The predicted octanol–water partition coefficient (Wildman–Crippen LogP) is 4.09. The van der Waals surface area contributed by atoms with Gasteiger partial charge in [-0.3, -0.25) is 4.79 Å². The van der Waals surface area contributed by atoms with Crippen molar-refractivity contribution in [3.63, 3.8) is 0 Å². The number of carbonyl (C=O) groups excluding carboxylic acids is 1. The van der Waals surface area contributed by atoms with Crippen LogP contribution in [0, 0.1) is 0 Å². The van der Waals surface area contributed by atoms with Crippen molar-refractivity contribution in [2.45, 2.75) is 46.1 Å². The third kappa shape index (κ3) is 3.87. The van der Waals surface area contributed by atoms with E-state index in [4.69, 9.17) is 0 Å². The fourth-order valence-corrected chi connectivity index (χ4v) is 2.38. The van der Waals surface area contributed by atoms with Gasteiger partial charge in [0, 0.05) is 30.3 Å². The Kier molecular flexibility index (Phi) is 5.93. The number of rotatable bonds is 6. The van der Waals surface area contributed by atoms with Crippen LogP contribution < -0.4 is 0 Å². The molecule has 0 saturated heterocycles. The van der Waals surface area contributed by atoms with Crippen LogP contribution in [0.3, 0.4) is 0 Å². The molecular formula is C14H23BrN2O. The van der Waals surface area contributed by atoms with E-state index in [-0.39, 0.29) is 5.91 Å². The van der Waals surface area contributed by atoms with Crippen molar-refractivity contribution in [2.75, 3.05) is 13.6 Å². The summed E-state index contributed by atoms with van der Waals surface area (Å²) in [6.07, 6.45) is 5.39. The number of nitrogens with zero attached hydrogens (tertiary/aromatic N) is 2. The number of amides is 1. The Labute approximate surface area is 118 Å². The number of halogens is 1. The number of hydrogen-bond acceptors (Lipinski definition) is 1. The number of aromatic nitrogens is 1. The Morgan fingerprint density at radius 2 is 2.11 bits per heavy atom. The summed E-state index contributed by atoms with van der Waals surface area (Å²) in [7, 11) is 1.88. The van der Waals surface area contributed by atoms with Gasteiger partial charge in [-0.1, -0.05) is 19.8 Å². The molecule has 102 valence electrons. The molecule has 0 atom stereocenters. The summed E-state index contributed by atoms with van der Waals surface area (Å²) in [6, 6.07) is 2.19. The molecule has 0 aliphatic rings. The normalized spacial score (nSPS) is 11.0. The van der Waals surface area contributed by atoms with Crippen LogP contribution in [0.4, 0.5) is 0 Å². The van der Waals surface area contributed by atoms with E-state index in [0.717, 1.165) is 23.1 Å². The molecule has 0 radical (unpaired) electrons. The lowest BCUT2D eigenvalue weighted by molar-refractivity contribution is 0.0780. The largest absolute Gasteiger partial charge is 0.340 e. The highest BCUT2D eigenvalue weighted by Gasteiger charge is 2.18. The van der Waals surface area contributed by atoms with Crippen LogP contribution in [0.5, 0.6) is 0 Å². The summed E-state index contributed by atoms with van der Waals surface area (Å²) in [5.74, 6) is 0.102. The van der Waals surface area contributed by atoms with Crippen molar-refractivity contribution in [3.8, 4) is 0 Å². The fraction of sp³-hybridized carbons (Fsp3) is 0.643. The second-order valence-corrected chi connectivity index (χ2v) is 5.89. The van der Waals surface area contributed by atoms with Gasteiger partial charge >= 0.3 is 0 Å². The van der Waals surface area contributed by atoms with E-state index in [0.29, 0.717) is 6.04 Å². The third-order valence-corrected chi connectivity index (χ3v) is 3.47. The molecule has 0 bridgehead atoms. The van der Waals surface area contributed by atoms with Gasteiger partial charge in [-0.2, -0.15) is 0 Å². The zero-order valence-electron chi connectivity index (χ0n) is 11.7. The van der Waals surface area contributed by atoms with Crippen LogP contribution >= 0.6 is 15.9 Å². The van der Waals surface area contributed by atoms with E-state index >= 15 is 0 Å². The van der Waals surface area contributed by atoms with Crippen molar-refractivity contribution in [2.24, 2.45) is 0 Å². The molecule has 0 unspecified atom stereocenters. The van der Waals surface area contributed by atoms with E-state index in [1.54, 1.807) is 0 Å². The first-order chi connectivity index (χ1) is 8.47. The molecule has 1 aromatic heterocycles. The lowest BCUT2D eigenvalue weighted by Gasteiger charge is -2.19. The van der Waals surface area contributed by atoms with Crippen LogP contribution in [0.25, 0.3) is 0 Å². The van der Waals surface area contributed by atoms with Gasteiger partial charge in [0.2, 0.25) is 0 Å². The van der Waals surface area contributed by atoms with Crippen LogP contribution in [0.1, 0.15) is 56.6 Å². The Morgan fingerprint density at radius 3 is 2.67 bits per heavy atom. The maximum Gasteiger partial charge on any atom is 0.270 e. The SMILES string of the molecule is CCCCCN(C)C(=O)c1cc(Br)cn1C(C)C. The molecule has 3 nitrogen and oxygen atoms in total. The van der Waals surface area contributed by atoms with Gasteiger partial charge in [0.1, 0.15) is 5.69 Å². The number of carbonyl (C=O) groups is 1. The first-order valence-corrected chi connectivity index (χ1v) is 7.39. The summed E-state index contributed by atoms with van der Waals surface area (Å²) in [5, 5.41) is 0. The van der Waals surface area contributed by atoms with Gasteiger partial charge in [0.05, 0.1) is 0 Å². The maximum atomic E-state index is 12.4. The molecule has 1 rings (SSSR count). The smallest absolute Gasteiger partial charge is 0.270 e. The lowest BCUT2D eigenvalue weighted by Crippen LogP contribution is -2.29. The standard InChI is InChI=1S/C14H23BrN2O/c1-5-6-7-8-16(4)14(18)13-9-12(15)10-17(13)11(2)3/h9-11H,5-8H2,1-4H3. The van der Waals surface area contributed by atoms with Gasteiger partial charge in [-0.15, -0.1) is 0 Å². The van der Waals surface area contributed by atoms with Crippen LogP contribution in [-0.4, -0.2) is 29.0 Å². The second-order valence-electron chi connectivity index (χ2n) is 4.98. The molecule has 4 heteroatoms. The lowest BCUT2D eigenvalue weighted by atomic mass is 10.2. The molecule has 0 saturated carbocycles. The Morgan fingerprint density at radius 1 is 1.44 bits per heavy atom. The minimum absolute atomic E-state index is 0.102. The molecule has 1 amide bonds. The van der Waals surface area contributed by atoms with Gasteiger partial charge in [0.25, 0.3) is 5.91 Å². The predicted molar refractivity (Wildman–Crippen MR) is 79.0 cm³/mol. The van der Waals surface area contributed by atoms with E-state index in [9.17, 15) is 4.79 Å². The maximum absolute atomic E-state index is 12.4. The minimum Gasteiger partial charge on any atom is -0.340 e. The number of hydrogen-bond donors (Lipinski definition) is 0. The molecule has 0 aliphatic carbocycles. The summed E-state index contributed by atoms with van der Waals surface area (Å²) in [5.41, 5.74) is 0.760. The average molecular weight is 315 g/mol. The van der Waals surface area contributed by atoms with Gasteiger partial charge in [-0.25, -0.2) is 0 Å². The third-order valence-electron chi connectivity index (χ3n) is 3.03. The van der Waals surface area contributed by atoms with Gasteiger partial charge in [-0.05, 0) is 42.3 Å². The Bertz CT molecular complexity index is 398. The van der Waals surface area contributed by atoms with Gasteiger partial charge < -0.3 is 9.47 Å². The molecule has 0 N–H and O–H groups in total. The van der Waals surface area contributed by atoms with Crippen molar-refractivity contribution in [3.05, 3.63) is 22.4 Å². The van der Waals surface area contributed by atoms with Crippen LogP contribution in [0.15, 0.2) is 16.7 Å². The van der Waals surface area contributed by atoms with E-state index < -0.39 is 0 Å². The molecule has 1 heterocycles. The first-order valence-electron chi connectivity index (χ1n) is 6.60. The molecule has 0 spiro atoms. The molecule has 18 heavy (non-hydrogen) atoms. The van der Waals surface area contributed by atoms with E-state index in [1.807, 2.05) is 28.8 Å². The zero-order chi connectivity index (χ0) is 13.7. The van der Waals surface area contributed by atoms with Crippen LogP contribution in [0.2, 0.25) is 0 Å². The molecular weight excluding hydrogens is 292 g/mol. The summed E-state index contributed by atoms with van der Waals surface area (Å²) in [6.45, 7) is 7.16. The summed E-state index contributed by atoms with van der Waals surface area (Å²) in [4.78, 5) is 14.2. The highest BCUT2D eigenvalue weighted by molar-refractivity contribution is 9.10. The number of unbranched alkanes of at least 4 members (excludes halogenated alkanes) is 2. The van der Waals surface area contributed by atoms with Crippen molar-refractivity contribution in [1.29, 1.82) is 0 Å². The van der Waals surface area contributed by atoms with Crippen molar-refractivity contribution in [1.82, 2.24) is 9.47 Å². The molecule has 0 fully saturated rings. The van der Waals surface area contributed by atoms with E-state index in [2.05, 4.69) is 36.7 Å². The summed E-state index contributed by atoms with van der Waals surface area (Å²) >= 11 is 3.44. The zero-order valence-corrected chi connectivity index (χ0v) is 13.3. The molecule has 0 aliphatic heterocycles. The fourth-order valence-electron chi connectivity index (χ4n) is 1.94.